The summed E-state index contributed by atoms with van der Waals surface area (Å²) in [5.74, 6) is 5.84. The number of hydrogen-bond acceptors (Lipinski definition) is 3. The number of fused-ring (bicyclic) bond motifs is 1. The van der Waals surface area contributed by atoms with Crippen molar-refractivity contribution in [3.63, 3.8) is 0 Å². The van der Waals surface area contributed by atoms with Crippen molar-refractivity contribution in [2.45, 2.75) is 19.4 Å². The molecule has 0 aliphatic carbocycles. The van der Waals surface area contributed by atoms with E-state index >= 15 is 0 Å². The van der Waals surface area contributed by atoms with Gasteiger partial charge in [-0.15, -0.1) is 0 Å². The molecule has 0 saturated carbocycles. The van der Waals surface area contributed by atoms with Gasteiger partial charge >= 0.3 is 0 Å². The third kappa shape index (κ3) is 3.38. The average Bonchev–Trinajstić information content (AvgIpc) is 2.88. The quantitative estimate of drug-likeness (QED) is 0.620. The molecule has 110 valence electrons. The summed E-state index contributed by atoms with van der Waals surface area (Å²) < 4.78 is 6.73. The van der Waals surface area contributed by atoms with Gasteiger partial charge in [0.2, 0.25) is 0 Å². The van der Waals surface area contributed by atoms with Crippen molar-refractivity contribution in [3.05, 3.63) is 52.5 Å². The van der Waals surface area contributed by atoms with Crippen LogP contribution in [0.4, 0.5) is 0 Å². The first-order chi connectivity index (χ1) is 10.4. The molecular weight excluding hydrogens is 358 g/mol. The van der Waals surface area contributed by atoms with Gasteiger partial charge in [-0.1, -0.05) is 46.0 Å². The van der Waals surface area contributed by atoms with Gasteiger partial charge in [-0.3, -0.25) is 0 Å². The number of halogens is 1. The van der Waals surface area contributed by atoms with Crippen molar-refractivity contribution in [2.75, 3.05) is 0 Å². The fourth-order valence-corrected chi connectivity index (χ4v) is 3.16. The summed E-state index contributed by atoms with van der Waals surface area (Å²) in [7, 11) is 0. The summed E-state index contributed by atoms with van der Waals surface area (Å²) >= 11 is 4.92. The molecule has 22 heavy (non-hydrogen) atoms. The van der Waals surface area contributed by atoms with E-state index in [1.807, 2.05) is 30.3 Å². The largest absolute Gasteiger partial charge is 0.378 e. The molecule has 0 bridgehead atoms. The summed E-state index contributed by atoms with van der Waals surface area (Å²) in [6.45, 7) is 3.35. The Bertz CT molecular complexity index is 879. The summed E-state index contributed by atoms with van der Waals surface area (Å²) in [5.41, 5.74) is 2.01. The van der Waals surface area contributed by atoms with E-state index in [-0.39, 0.29) is 0 Å². The second-order valence-electron chi connectivity index (χ2n) is 5.56. The van der Waals surface area contributed by atoms with Crippen LogP contribution < -0.4 is 0 Å². The van der Waals surface area contributed by atoms with E-state index in [0.29, 0.717) is 0 Å². The lowest BCUT2D eigenvalue weighted by molar-refractivity contribution is 0.143. The highest BCUT2D eigenvalue weighted by Crippen LogP contribution is 2.32. The Morgan fingerprint density at radius 3 is 2.55 bits per heavy atom. The molecule has 0 saturated heterocycles. The van der Waals surface area contributed by atoms with Gasteiger partial charge < -0.3 is 5.11 Å². The smallest absolute Gasteiger partial charge is 0.120 e. The van der Waals surface area contributed by atoms with E-state index in [9.17, 15) is 5.11 Å². The Morgan fingerprint density at radius 1 is 1.14 bits per heavy atom. The second-order valence-corrected chi connectivity index (χ2v) is 7.28. The average molecular weight is 372 g/mol. The molecule has 3 aromatic rings. The summed E-state index contributed by atoms with van der Waals surface area (Å²) in [6.07, 6.45) is 0. The molecular formula is C18H14BrNOS. The van der Waals surface area contributed by atoms with Gasteiger partial charge in [0.05, 0.1) is 10.4 Å². The van der Waals surface area contributed by atoms with E-state index < -0.39 is 5.60 Å². The first-order valence-corrected chi connectivity index (χ1v) is 8.40. The Hall–Kier alpha value is -1.67. The minimum absolute atomic E-state index is 0.889. The zero-order chi connectivity index (χ0) is 15.7. The van der Waals surface area contributed by atoms with E-state index in [1.165, 1.54) is 11.5 Å². The number of aliphatic hydroxyl groups is 1. The van der Waals surface area contributed by atoms with Crippen LogP contribution in [0.2, 0.25) is 0 Å². The van der Waals surface area contributed by atoms with Gasteiger partial charge in [0.15, 0.2) is 0 Å². The molecule has 0 spiro atoms. The monoisotopic (exact) mass is 371 g/mol. The fourth-order valence-electron chi connectivity index (χ4n) is 2.06. The van der Waals surface area contributed by atoms with E-state index in [0.717, 1.165) is 31.4 Å². The third-order valence-corrected chi connectivity index (χ3v) is 4.44. The highest BCUT2D eigenvalue weighted by Gasteiger charge is 2.09. The lowest BCUT2D eigenvalue weighted by Gasteiger charge is -2.05. The maximum atomic E-state index is 9.68. The van der Waals surface area contributed by atoms with Crippen LogP contribution in [0.5, 0.6) is 0 Å². The zero-order valence-corrected chi connectivity index (χ0v) is 14.6. The third-order valence-electron chi connectivity index (χ3n) is 3.10. The standard InChI is InChI=1S/C18H14BrNOS/c1-18(2,21)10-9-12-3-8-15-16(11-12)22-20-17(15)13-4-6-14(19)7-5-13/h3-8,11,21H,1-2H3. The van der Waals surface area contributed by atoms with Crippen LogP contribution in [0.25, 0.3) is 21.3 Å². The number of benzene rings is 2. The molecule has 1 aromatic heterocycles. The van der Waals surface area contributed by atoms with E-state index in [2.05, 4.69) is 44.3 Å². The number of nitrogens with zero attached hydrogens (tertiary/aromatic N) is 1. The molecule has 0 unspecified atom stereocenters. The van der Waals surface area contributed by atoms with Crippen molar-refractivity contribution in [3.8, 4) is 23.1 Å². The Kier molecular flexibility index (Phi) is 4.05. The van der Waals surface area contributed by atoms with Crippen LogP contribution in [0.15, 0.2) is 46.9 Å². The summed E-state index contributed by atoms with van der Waals surface area (Å²) in [4.78, 5) is 0. The van der Waals surface area contributed by atoms with Crippen LogP contribution in [0, 0.1) is 11.8 Å². The Morgan fingerprint density at radius 2 is 1.86 bits per heavy atom. The predicted octanol–water partition coefficient (Wildman–Crippen LogP) is 4.85. The van der Waals surface area contributed by atoms with Crippen LogP contribution >= 0.6 is 27.5 Å². The molecule has 2 nitrogen and oxygen atoms in total. The molecule has 1 heterocycles. The van der Waals surface area contributed by atoms with Crippen molar-refractivity contribution in [1.29, 1.82) is 0 Å². The molecule has 3 rings (SSSR count). The maximum Gasteiger partial charge on any atom is 0.120 e. The number of hydrogen-bond donors (Lipinski definition) is 1. The topological polar surface area (TPSA) is 33.1 Å². The maximum absolute atomic E-state index is 9.68. The SMILES string of the molecule is CC(C)(O)C#Cc1ccc2c(-c3ccc(Br)cc3)nsc2c1. The van der Waals surface area contributed by atoms with Crippen molar-refractivity contribution in [2.24, 2.45) is 0 Å². The van der Waals surface area contributed by atoms with Crippen LogP contribution in [-0.2, 0) is 0 Å². The second kappa shape index (κ2) is 5.85. The molecule has 0 fully saturated rings. The lowest BCUT2D eigenvalue weighted by atomic mass is 10.1. The normalized spacial score (nSPS) is 11.3. The van der Waals surface area contributed by atoms with Crippen LogP contribution in [-0.4, -0.2) is 15.1 Å². The lowest BCUT2D eigenvalue weighted by Crippen LogP contribution is -2.14. The van der Waals surface area contributed by atoms with E-state index in [1.54, 1.807) is 13.8 Å². The molecule has 0 aliphatic rings. The fraction of sp³-hybridized carbons (Fsp3) is 0.167. The minimum Gasteiger partial charge on any atom is -0.378 e. The Balaban J connectivity index is 2.02. The van der Waals surface area contributed by atoms with Crippen LogP contribution in [0.3, 0.4) is 0 Å². The van der Waals surface area contributed by atoms with Crippen molar-refractivity contribution < 1.29 is 5.11 Å². The molecule has 4 heteroatoms. The van der Waals surface area contributed by atoms with Gasteiger partial charge in [-0.05, 0) is 49.6 Å². The molecule has 0 atom stereocenters. The number of aromatic nitrogens is 1. The summed E-state index contributed by atoms with van der Waals surface area (Å²) in [5, 5.41) is 10.8. The predicted molar refractivity (Wildman–Crippen MR) is 95.9 cm³/mol. The highest BCUT2D eigenvalue weighted by molar-refractivity contribution is 9.10. The first kappa shape index (κ1) is 15.2. The van der Waals surface area contributed by atoms with Crippen LogP contribution in [0.1, 0.15) is 19.4 Å². The zero-order valence-electron chi connectivity index (χ0n) is 12.2. The van der Waals surface area contributed by atoms with Crippen molar-refractivity contribution in [1.82, 2.24) is 4.37 Å². The molecule has 0 radical (unpaired) electrons. The number of rotatable bonds is 1. The first-order valence-electron chi connectivity index (χ1n) is 6.83. The van der Waals surface area contributed by atoms with Gasteiger partial charge in [-0.2, -0.15) is 4.37 Å². The molecule has 2 aromatic carbocycles. The minimum atomic E-state index is -0.981. The molecule has 0 aliphatic heterocycles. The van der Waals surface area contributed by atoms with Gasteiger partial charge in [0, 0.05) is 21.0 Å². The molecule has 0 amide bonds. The molecule has 1 N–H and O–H groups in total. The highest BCUT2D eigenvalue weighted by atomic mass is 79.9. The van der Waals surface area contributed by atoms with Gasteiger partial charge in [0.25, 0.3) is 0 Å². The van der Waals surface area contributed by atoms with Gasteiger partial charge in [-0.25, -0.2) is 0 Å². The van der Waals surface area contributed by atoms with E-state index in [4.69, 9.17) is 0 Å². The van der Waals surface area contributed by atoms with Gasteiger partial charge in [0.1, 0.15) is 5.60 Å². The summed E-state index contributed by atoms with van der Waals surface area (Å²) in [6, 6.07) is 14.2. The Labute approximate surface area is 142 Å². The van der Waals surface area contributed by atoms with Crippen molar-refractivity contribution >= 4 is 37.5 Å².